The van der Waals surface area contributed by atoms with Gasteiger partial charge in [0.25, 0.3) is 0 Å². The minimum atomic E-state index is -4.74. The predicted molar refractivity (Wildman–Crippen MR) is 213 cm³/mol. The first-order valence-electron chi connectivity index (χ1n) is 20.2. The topological polar surface area (TPSA) is 180 Å². The van der Waals surface area contributed by atoms with Gasteiger partial charge in [-0.25, -0.2) is 18.0 Å². The largest absolute Gasteiger partial charge is 0.472 e. The maximum Gasteiger partial charge on any atom is 0.472 e. The first-order valence-corrected chi connectivity index (χ1v) is 21.7. The highest BCUT2D eigenvalue weighted by Gasteiger charge is 2.46. The average molecular weight is 815 g/mol. The fourth-order valence-electron chi connectivity index (χ4n) is 6.59. The fraction of sp³-hybridized carbons (Fsp3) is 0.700. The van der Waals surface area contributed by atoms with Crippen molar-refractivity contribution in [2.45, 2.75) is 147 Å². The lowest BCUT2D eigenvalue weighted by atomic mass is 10.0. The van der Waals surface area contributed by atoms with E-state index in [-0.39, 0.29) is 19.0 Å². The molecule has 0 bridgehead atoms. The van der Waals surface area contributed by atoms with Crippen LogP contribution in [-0.2, 0) is 34.4 Å². The molecule has 318 valence electrons. The lowest BCUT2D eigenvalue weighted by Crippen LogP contribution is -2.33. The minimum Gasteiger partial charge on any atom is -0.387 e. The van der Waals surface area contributed by atoms with E-state index in [4.69, 9.17) is 29.0 Å². The van der Waals surface area contributed by atoms with Gasteiger partial charge < -0.3 is 35.1 Å². The van der Waals surface area contributed by atoms with E-state index in [1.807, 2.05) is 0 Å². The number of hydrogen-bond donors (Lipinski definition) is 4. The van der Waals surface area contributed by atoms with E-state index in [1.54, 1.807) is 12.1 Å². The molecule has 1 aromatic carbocycles. The molecule has 1 aliphatic heterocycles. The Morgan fingerprint density at radius 3 is 2.07 bits per heavy atom. The summed E-state index contributed by atoms with van der Waals surface area (Å²) in [6, 6.07) is 6.55. The van der Waals surface area contributed by atoms with Crippen LogP contribution < -0.4 is 5.73 Å². The summed E-state index contributed by atoms with van der Waals surface area (Å²) in [5.41, 5.74) is 6.98. The van der Waals surface area contributed by atoms with Crippen molar-refractivity contribution >= 4 is 20.4 Å². The Labute approximate surface area is 331 Å². The summed E-state index contributed by atoms with van der Waals surface area (Å²) < 4.78 is 69.2. The second kappa shape index (κ2) is 26.4. The van der Waals surface area contributed by atoms with Gasteiger partial charge in [-0.2, -0.15) is 5.10 Å². The number of aliphatic hydroxyl groups is 2. The molecule has 1 saturated heterocycles. The number of aliphatic imine (C=N–C) groups is 1. The number of phosphoric acid groups is 1. The second-order valence-electron chi connectivity index (χ2n) is 14.4. The normalized spacial score (nSPS) is 20.4. The molecule has 3 rings (SSSR count). The Morgan fingerprint density at radius 2 is 1.50 bits per heavy atom. The Balaban J connectivity index is 1.39. The summed E-state index contributed by atoms with van der Waals surface area (Å²) in [5.74, 6) is -1.85. The number of benzene rings is 1. The van der Waals surface area contributed by atoms with Gasteiger partial charge in [-0.3, -0.25) is 14.0 Å². The molecule has 0 amide bonds. The molecule has 5 N–H and O–H groups in total. The van der Waals surface area contributed by atoms with Crippen molar-refractivity contribution in [2.75, 3.05) is 33.5 Å². The number of amidine groups is 1. The van der Waals surface area contributed by atoms with Crippen LogP contribution >= 0.6 is 7.82 Å². The Morgan fingerprint density at radius 1 is 0.893 bits per heavy atom. The predicted octanol–water partition coefficient (Wildman–Crippen LogP) is 7.72. The summed E-state index contributed by atoms with van der Waals surface area (Å²) in [7, 11) is -3.24. The van der Waals surface area contributed by atoms with Crippen molar-refractivity contribution in [1.29, 1.82) is 0 Å². The van der Waals surface area contributed by atoms with Crippen molar-refractivity contribution in [2.24, 2.45) is 15.8 Å². The lowest BCUT2D eigenvalue weighted by Gasteiger charge is -2.21. The summed E-state index contributed by atoms with van der Waals surface area (Å²) in [5, 5.41) is 25.3. The van der Waals surface area contributed by atoms with Crippen LogP contribution in [0.1, 0.15) is 133 Å². The van der Waals surface area contributed by atoms with Crippen molar-refractivity contribution in [3.05, 3.63) is 58.9 Å². The van der Waals surface area contributed by atoms with Crippen molar-refractivity contribution in [3.8, 4) is 0 Å². The smallest absolute Gasteiger partial charge is 0.387 e. The van der Waals surface area contributed by atoms with E-state index in [2.05, 4.69) is 23.7 Å². The van der Waals surface area contributed by atoms with Gasteiger partial charge in [0.05, 0.1) is 32.1 Å². The standard InChI is InChI=1S/C40H65F2N4O9P/c1-4-5-6-7-8-9-10-11-12-13-14-15-16-17-18-19-24-51-27-31(52-26-30-20-21-32(41)33(42)25-30)28-53-56(49,50)54-29-36-37(47)38(48)39(55-36)34-22-23-35(40(43)44-2)46(34)45-3/h20-23,25,31,36-39,47-48H,3-19,24,26-29H2,1-2H3,(H2,43,44)(H,49,50)/t31-,36-,37-,38-,39+/m1/s1. The number of rotatable bonds is 31. The molecule has 1 unspecified atom stereocenters. The maximum atomic E-state index is 13.8. The molecule has 16 heteroatoms. The van der Waals surface area contributed by atoms with Gasteiger partial charge in [0.15, 0.2) is 11.6 Å². The molecule has 2 aromatic rings. The van der Waals surface area contributed by atoms with E-state index in [1.165, 1.54) is 101 Å². The van der Waals surface area contributed by atoms with Crippen LogP contribution in [0.5, 0.6) is 0 Å². The number of phosphoric ester groups is 1. The van der Waals surface area contributed by atoms with E-state index in [0.29, 0.717) is 23.6 Å². The van der Waals surface area contributed by atoms with E-state index >= 15 is 0 Å². The van der Waals surface area contributed by atoms with Crippen LogP contribution in [-0.4, -0.2) is 90.2 Å². The van der Waals surface area contributed by atoms with Crippen molar-refractivity contribution in [1.82, 2.24) is 4.68 Å². The highest BCUT2D eigenvalue weighted by Crippen LogP contribution is 2.45. The fourth-order valence-corrected chi connectivity index (χ4v) is 7.36. The number of halogens is 2. The van der Waals surface area contributed by atoms with Gasteiger partial charge in [-0.15, -0.1) is 0 Å². The second-order valence-corrected chi connectivity index (χ2v) is 15.9. The number of ether oxygens (including phenoxy) is 3. The van der Waals surface area contributed by atoms with Crippen LogP contribution in [0, 0.1) is 11.6 Å². The summed E-state index contributed by atoms with van der Waals surface area (Å²) >= 11 is 0. The summed E-state index contributed by atoms with van der Waals surface area (Å²) in [6.07, 6.45) is 14.0. The van der Waals surface area contributed by atoms with E-state index in [0.717, 1.165) is 31.4 Å². The highest BCUT2D eigenvalue weighted by atomic mass is 31.2. The van der Waals surface area contributed by atoms with Gasteiger partial charge in [-0.05, 0) is 36.2 Å². The molecular weight excluding hydrogens is 749 g/mol. The SMILES string of the molecule is C=Nn1c(C(N)=NC)ccc1[C@@H]1O[C@H](COP(=O)(O)OC[C@@H](COCCCCCCCCCCCCCCCCCC)OCc2ccc(F)c(F)c2)[C@@H](O)[C@H]1O. The highest BCUT2D eigenvalue weighted by molar-refractivity contribution is 7.47. The molecule has 0 spiro atoms. The molecule has 0 saturated carbocycles. The number of hydrogen-bond acceptors (Lipinski definition) is 10. The number of nitrogens with zero attached hydrogens (tertiary/aromatic N) is 3. The Hall–Kier alpha value is -2.59. The number of nitrogens with two attached hydrogens (primary N) is 1. The first kappa shape index (κ1) is 47.8. The average Bonchev–Trinajstić information content (AvgIpc) is 3.74. The monoisotopic (exact) mass is 814 g/mol. The molecule has 56 heavy (non-hydrogen) atoms. The van der Waals surface area contributed by atoms with Crippen LogP contribution in [0.4, 0.5) is 8.78 Å². The maximum absolute atomic E-state index is 13.8. The number of aliphatic hydroxyl groups excluding tert-OH is 2. The zero-order valence-corrected chi connectivity index (χ0v) is 34.1. The molecule has 0 aliphatic carbocycles. The third-order valence-electron chi connectivity index (χ3n) is 9.92. The molecule has 1 fully saturated rings. The van der Waals surface area contributed by atoms with Gasteiger partial charge in [0.1, 0.15) is 42.0 Å². The third-order valence-corrected chi connectivity index (χ3v) is 10.9. The molecular formula is C40H65F2N4O9P. The molecule has 1 aromatic heterocycles. The van der Waals surface area contributed by atoms with E-state index in [9.17, 15) is 28.5 Å². The van der Waals surface area contributed by atoms with Crippen LogP contribution in [0.2, 0.25) is 0 Å². The first-order chi connectivity index (χ1) is 27.0. The lowest BCUT2D eigenvalue weighted by molar-refractivity contribution is -0.0556. The zero-order chi connectivity index (χ0) is 40.8. The van der Waals surface area contributed by atoms with Gasteiger partial charge in [0.2, 0.25) is 0 Å². The summed E-state index contributed by atoms with van der Waals surface area (Å²) in [6.45, 7) is 5.05. The Bertz CT molecular complexity index is 1500. The quantitative estimate of drug-likeness (QED) is 0.0255. The molecule has 0 radical (unpaired) electrons. The molecule has 2 heterocycles. The van der Waals surface area contributed by atoms with Crippen molar-refractivity contribution < 1.29 is 51.7 Å². The minimum absolute atomic E-state index is 0.00691. The van der Waals surface area contributed by atoms with Crippen molar-refractivity contribution in [3.63, 3.8) is 0 Å². The zero-order valence-electron chi connectivity index (χ0n) is 33.2. The van der Waals surface area contributed by atoms with Gasteiger partial charge in [-0.1, -0.05) is 109 Å². The van der Waals surface area contributed by atoms with Gasteiger partial charge >= 0.3 is 7.82 Å². The van der Waals surface area contributed by atoms with Crippen LogP contribution in [0.15, 0.2) is 40.4 Å². The number of unbranched alkanes of at least 4 members (excludes halogenated alkanes) is 15. The Kier molecular flexibility index (Phi) is 22.5. The number of aromatic nitrogens is 1. The molecule has 1 aliphatic rings. The van der Waals surface area contributed by atoms with Crippen LogP contribution in [0.25, 0.3) is 0 Å². The summed E-state index contributed by atoms with van der Waals surface area (Å²) in [4.78, 5) is 14.4. The molecule has 6 atom stereocenters. The third kappa shape index (κ3) is 16.7. The van der Waals surface area contributed by atoms with E-state index < -0.39 is 63.2 Å². The molecule has 13 nitrogen and oxygen atoms in total. The van der Waals surface area contributed by atoms with Gasteiger partial charge in [0, 0.05) is 20.4 Å². The van der Waals surface area contributed by atoms with Crippen LogP contribution in [0.3, 0.4) is 0 Å².